The molecular formula is C31H31N3O2. The summed E-state index contributed by atoms with van der Waals surface area (Å²) < 4.78 is 8.35. The van der Waals surface area contributed by atoms with E-state index < -0.39 is 0 Å². The Bertz CT molecular complexity index is 1470. The average molecular weight is 478 g/mol. The summed E-state index contributed by atoms with van der Waals surface area (Å²) in [6, 6.07) is 30.4. The number of para-hydroxylation sites is 2. The van der Waals surface area contributed by atoms with E-state index in [1.165, 1.54) is 10.8 Å². The third-order valence-corrected chi connectivity index (χ3v) is 6.43. The Balaban J connectivity index is 1.17. The fourth-order valence-corrected chi connectivity index (χ4v) is 4.49. The number of aromatic nitrogens is 2. The molecule has 0 bridgehead atoms. The summed E-state index contributed by atoms with van der Waals surface area (Å²) >= 11 is 0. The molecule has 36 heavy (non-hydrogen) atoms. The van der Waals surface area contributed by atoms with Gasteiger partial charge in [0.1, 0.15) is 11.6 Å². The topological polar surface area (TPSA) is 56.2 Å². The molecule has 5 aromatic rings. The van der Waals surface area contributed by atoms with Gasteiger partial charge in [0.15, 0.2) is 0 Å². The molecule has 182 valence electrons. The van der Waals surface area contributed by atoms with E-state index in [4.69, 9.17) is 9.72 Å². The quantitative estimate of drug-likeness (QED) is 0.239. The van der Waals surface area contributed by atoms with Crippen LogP contribution in [0.2, 0.25) is 0 Å². The average Bonchev–Trinajstić information content (AvgIpc) is 3.26. The molecule has 0 aliphatic rings. The molecule has 0 saturated carbocycles. The van der Waals surface area contributed by atoms with Gasteiger partial charge in [-0.2, -0.15) is 0 Å². The Morgan fingerprint density at radius 2 is 1.67 bits per heavy atom. The summed E-state index contributed by atoms with van der Waals surface area (Å²) in [4.78, 5) is 17.3. The lowest BCUT2D eigenvalue weighted by atomic mass is 10.1. The highest BCUT2D eigenvalue weighted by atomic mass is 16.5. The zero-order chi connectivity index (χ0) is 24.7. The predicted molar refractivity (Wildman–Crippen MR) is 146 cm³/mol. The van der Waals surface area contributed by atoms with E-state index in [1.807, 2.05) is 55.5 Å². The van der Waals surface area contributed by atoms with E-state index in [9.17, 15) is 4.79 Å². The summed E-state index contributed by atoms with van der Waals surface area (Å²) in [5.41, 5.74) is 3.99. The minimum absolute atomic E-state index is 0.0330. The SMILES string of the molecule is Cc1ccc(C(=O)NCCCc2nc3ccccc3n2CCCOc2ccc3ccccc3c2)cc1. The molecule has 0 atom stereocenters. The lowest BCUT2D eigenvalue weighted by Crippen LogP contribution is -2.25. The molecule has 5 nitrogen and oxygen atoms in total. The third-order valence-electron chi connectivity index (χ3n) is 6.43. The lowest BCUT2D eigenvalue weighted by Gasteiger charge is -2.11. The van der Waals surface area contributed by atoms with Crippen molar-refractivity contribution in [1.29, 1.82) is 0 Å². The number of ether oxygens (including phenoxy) is 1. The largest absolute Gasteiger partial charge is 0.494 e. The van der Waals surface area contributed by atoms with Crippen LogP contribution in [0.25, 0.3) is 21.8 Å². The molecule has 1 aromatic heterocycles. The molecule has 0 spiro atoms. The molecule has 0 saturated heterocycles. The molecule has 0 aliphatic carbocycles. The van der Waals surface area contributed by atoms with Gasteiger partial charge in [-0.15, -0.1) is 0 Å². The highest BCUT2D eigenvalue weighted by Crippen LogP contribution is 2.21. The van der Waals surface area contributed by atoms with Crippen molar-refractivity contribution >= 4 is 27.7 Å². The van der Waals surface area contributed by atoms with Crippen LogP contribution in [-0.4, -0.2) is 28.6 Å². The number of carbonyl (C=O) groups is 1. The fraction of sp³-hybridized carbons (Fsp3) is 0.226. The molecular weight excluding hydrogens is 446 g/mol. The maximum Gasteiger partial charge on any atom is 0.251 e. The van der Waals surface area contributed by atoms with Crippen molar-refractivity contribution in [3.63, 3.8) is 0 Å². The van der Waals surface area contributed by atoms with Crippen LogP contribution in [0.3, 0.4) is 0 Å². The van der Waals surface area contributed by atoms with E-state index in [1.54, 1.807) is 0 Å². The molecule has 0 radical (unpaired) electrons. The summed E-state index contributed by atoms with van der Waals surface area (Å²) in [7, 11) is 0. The Morgan fingerprint density at radius 1 is 0.889 bits per heavy atom. The molecule has 5 rings (SSSR count). The van der Waals surface area contributed by atoms with Crippen molar-refractivity contribution in [1.82, 2.24) is 14.9 Å². The second-order valence-electron chi connectivity index (χ2n) is 9.10. The standard InChI is InChI=1S/C31H31N3O2/c1-23-13-15-25(16-14-23)31(35)32-19-6-12-30-33-28-10-4-5-11-29(28)34(30)20-7-21-36-27-18-17-24-8-2-3-9-26(24)22-27/h2-5,8-11,13-18,22H,6-7,12,19-21H2,1H3,(H,32,35). The second-order valence-corrected chi connectivity index (χ2v) is 9.10. The molecule has 1 N–H and O–H groups in total. The molecule has 5 heteroatoms. The summed E-state index contributed by atoms with van der Waals surface area (Å²) in [5, 5.41) is 5.43. The summed E-state index contributed by atoms with van der Waals surface area (Å²) in [6.45, 7) is 4.10. The Morgan fingerprint density at radius 3 is 2.53 bits per heavy atom. The zero-order valence-electron chi connectivity index (χ0n) is 20.6. The van der Waals surface area contributed by atoms with Crippen LogP contribution >= 0.6 is 0 Å². The first kappa shape index (κ1) is 23.6. The van der Waals surface area contributed by atoms with Crippen LogP contribution in [0.15, 0.2) is 91.0 Å². The first-order valence-corrected chi connectivity index (χ1v) is 12.6. The van der Waals surface area contributed by atoms with E-state index in [-0.39, 0.29) is 5.91 Å². The van der Waals surface area contributed by atoms with Crippen molar-refractivity contribution in [3.8, 4) is 5.75 Å². The van der Waals surface area contributed by atoms with Gasteiger partial charge in [0.05, 0.1) is 17.6 Å². The zero-order valence-corrected chi connectivity index (χ0v) is 20.6. The molecule has 0 fully saturated rings. The highest BCUT2D eigenvalue weighted by Gasteiger charge is 2.11. The number of imidazole rings is 1. The van der Waals surface area contributed by atoms with Gasteiger partial charge in [-0.05, 0) is 66.9 Å². The predicted octanol–water partition coefficient (Wildman–Crippen LogP) is 6.33. The fourth-order valence-electron chi connectivity index (χ4n) is 4.49. The Hall–Kier alpha value is -4.12. The summed E-state index contributed by atoms with van der Waals surface area (Å²) in [5.74, 6) is 1.91. The maximum absolute atomic E-state index is 12.4. The van der Waals surface area contributed by atoms with Crippen molar-refractivity contribution in [2.24, 2.45) is 0 Å². The molecule has 1 heterocycles. The molecule has 0 aliphatic heterocycles. The Kier molecular flexibility index (Phi) is 7.27. The van der Waals surface area contributed by atoms with Gasteiger partial charge < -0.3 is 14.6 Å². The number of nitrogens with zero attached hydrogens (tertiary/aromatic N) is 2. The molecule has 1 amide bonds. The monoisotopic (exact) mass is 477 g/mol. The van der Waals surface area contributed by atoms with Gasteiger partial charge in [-0.25, -0.2) is 4.98 Å². The Labute approximate surface area is 211 Å². The maximum atomic E-state index is 12.4. The minimum atomic E-state index is -0.0330. The number of carbonyl (C=O) groups excluding carboxylic acids is 1. The number of benzene rings is 4. The number of fused-ring (bicyclic) bond motifs is 2. The second kappa shape index (κ2) is 11.1. The van der Waals surface area contributed by atoms with Crippen LogP contribution in [0, 0.1) is 6.92 Å². The third kappa shape index (κ3) is 5.57. The van der Waals surface area contributed by atoms with Gasteiger partial charge in [-0.3, -0.25) is 4.79 Å². The van der Waals surface area contributed by atoms with Gasteiger partial charge in [0.2, 0.25) is 0 Å². The van der Waals surface area contributed by atoms with Gasteiger partial charge in [0, 0.05) is 25.1 Å². The number of aryl methyl sites for hydroxylation is 3. The number of hydrogen-bond acceptors (Lipinski definition) is 3. The molecule has 0 unspecified atom stereocenters. The smallest absolute Gasteiger partial charge is 0.251 e. The van der Waals surface area contributed by atoms with Gasteiger partial charge in [0.25, 0.3) is 5.91 Å². The van der Waals surface area contributed by atoms with Gasteiger partial charge in [-0.1, -0.05) is 60.2 Å². The summed E-state index contributed by atoms with van der Waals surface area (Å²) in [6.07, 6.45) is 2.51. The number of amides is 1. The minimum Gasteiger partial charge on any atom is -0.494 e. The number of nitrogens with one attached hydrogen (secondary N) is 1. The van der Waals surface area contributed by atoms with E-state index >= 15 is 0 Å². The first-order valence-electron chi connectivity index (χ1n) is 12.6. The number of rotatable bonds is 10. The van der Waals surface area contributed by atoms with E-state index in [0.29, 0.717) is 18.7 Å². The van der Waals surface area contributed by atoms with Crippen LogP contribution < -0.4 is 10.1 Å². The normalized spacial score (nSPS) is 11.1. The van der Waals surface area contributed by atoms with Crippen molar-refractivity contribution in [2.75, 3.05) is 13.2 Å². The van der Waals surface area contributed by atoms with Crippen LogP contribution in [-0.2, 0) is 13.0 Å². The van der Waals surface area contributed by atoms with Crippen LogP contribution in [0.1, 0.15) is 34.6 Å². The van der Waals surface area contributed by atoms with Crippen molar-refractivity contribution in [2.45, 2.75) is 32.7 Å². The van der Waals surface area contributed by atoms with Gasteiger partial charge >= 0.3 is 0 Å². The number of hydrogen-bond donors (Lipinski definition) is 1. The van der Waals surface area contributed by atoms with Crippen LogP contribution in [0.4, 0.5) is 0 Å². The van der Waals surface area contributed by atoms with Crippen molar-refractivity contribution < 1.29 is 9.53 Å². The first-order chi connectivity index (χ1) is 17.7. The van der Waals surface area contributed by atoms with E-state index in [2.05, 4.69) is 52.3 Å². The van der Waals surface area contributed by atoms with Crippen molar-refractivity contribution in [3.05, 3.63) is 108 Å². The highest BCUT2D eigenvalue weighted by molar-refractivity contribution is 5.94. The lowest BCUT2D eigenvalue weighted by molar-refractivity contribution is 0.0953. The molecule has 4 aromatic carbocycles. The van der Waals surface area contributed by atoms with Crippen LogP contribution in [0.5, 0.6) is 5.75 Å². The van der Waals surface area contributed by atoms with E-state index in [0.717, 1.165) is 54.0 Å².